The van der Waals surface area contributed by atoms with Crippen molar-refractivity contribution in [3.63, 3.8) is 0 Å². The summed E-state index contributed by atoms with van der Waals surface area (Å²) >= 11 is 3.67. The number of thioether (sulfide) groups is 1. The Kier molecular flexibility index (Phi) is 2.91. The molecule has 16 heavy (non-hydrogen) atoms. The van der Waals surface area contributed by atoms with Crippen LogP contribution < -0.4 is 3.53 Å². The minimum absolute atomic E-state index is 0.00576. The maximum absolute atomic E-state index is 11.6. The van der Waals surface area contributed by atoms with Gasteiger partial charge in [0.1, 0.15) is 0 Å². The third-order valence-electron chi connectivity index (χ3n) is 3.11. The summed E-state index contributed by atoms with van der Waals surface area (Å²) in [6.45, 7) is 3.99. The first-order chi connectivity index (χ1) is 7.32. The number of carbonyl (C=O) groups excluding carboxylic acids is 1. The first-order valence-corrected chi connectivity index (χ1v) is 6.84. The van der Waals surface area contributed by atoms with E-state index in [1.165, 1.54) is 0 Å². The van der Waals surface area contributed by atoms with Crippen molar-refractivity contribution in [2.24, 2.45) is 0 Å². The van der Waals surface area contributed by atoms with Crippen LogP contribution in [0.5, 0.6) is 0 Å². The highest BCUT2D eigenvalue weighted by atomic mass is 127. The average molecular weight is 356 g/mol. The molecule has 2 rings (SSSR count). The van der Waals surface area contributed by atoms with Gasteiger partial charge in [-0.2, -0.15) is 0 Å². The molecular formula is C9H13IN2O3S. The molecule has 2 saturated heterocycles. The fourth-order valence-electron chi connectivity index (χ4n) is 2.41. The van der Waals surface area contributed by atoms with Gasteiger partial charge in [0.25, 0.3) is 0 Å². The number of halogens is 1. The van der Waals surface area contributed by atoms with Gasteiger partial charge < -0.3 is 10.0 Å². The summed E-state index contributed by atoms with van der Waals surface area (Å²) < 4.78 is 2.88. The number of carboxylic acid groups (broad SMARTS) is 1. The lowest BCUT2D eigenvalue weighted by Gasteiger charge is -2.47. The number of β-lactam (4-membered cyclic amide) rings is 1. The van der Waals surface area contributed by atoms with Gasteiger partial charge in [0.2, 0.25) is 5.91 Å². The Balaban J connectivity index is 2.29. The first-order valence-electron chi connectivity index (χ1n) is 4.94. The molecule has 0 aromatic carbocycles. The van der Waals surface area contributed by atoms with E-state index in [9.17, 15) is 9.59 Å². The smallest absolute Gasteiger partial charge is 0.305 e. The molecule has 2 heterocycles. The van der Waals surface area contributed by atoms with Crippen molar-refractivity contribution in [1.29, 1.82) is 0 Å². The average Bonchev–Trinajstić information content (AvgIpc) is 2.30. The van der Waals surface area contributed by atoms with Gasteiger partial charge in [0.15, 0.2) is 4.99 Å². The molecular weight excluding hydrogens is 343 g/mol. The summed E-state index contributed by atoms with van der Waals surface area (Å²) in [5.41, 5.74) is 0. The maximum atomic E-state index is 11.6. The molecule has 2 fully saturated rings. The largest absolute Gasteiger partial charge is 0.481 e. The third kappa shape index (κ3) is 1.63. The number of nitrogens with one attached hydrogen (secondary N) is 1. The molecule has 2 atom stereocenters. The predicted octanol–water partition coefficient (Wildman–Crippen LogP) is 1.18. The van der Waals surface area contributed by atoms with Crippen LogP contribution in [-0.2, 0) is 9.59 Å². The number of hydrogen-bond acceptors (Lipinski definition) is 4. The lowest BCUT2D eigenvalue weighted by molar-refractivity contribution is -0.154. The Morgan fingerprint density at radius 1 is 1.75 bits per heavy atom. The van der Waals surface area contributed by atoms with Crippen molar-refractivity contribution in [3.05, 3.63) is 0 Å². The summed E-state index contributed by atoms with van der Waals surface area (Å²) in [5, 5.41) is 8.91. The van der Waals surface area contributed by atoms with Crippen LogP contribution in [0.4, 0.5) is 0 Å². The summed E-state index contributed by atoms with van der Waals surface area (Å²) in [6, 6.07) is -0.237. The van der Waals surface area contributed by atoms with Gasteiger partial charge >= 0.3 is 5.97 Å². The van der Waals surface area contributed by atoms with E-state index in [1.807, 2.05) is 36.7 Å². The number of hydrogen-bond donors (Lipinski definition) is 2. The Labute approximate surface area is 112 Å². The lowest BCUT2D eigenvalue weighted by atomic mass is 9.94. The second-order valence-corrected chi connectivity index (χ2v) is 7.11. The van der Waals surface area contributed by atoms with Crippen LogP contribution in [-0.4, -0.2) is 37.7 Å². The standard InChI is InChI=1S/C9H13IN2O3S/c1-8(2)5(3-7(14)15)12-6(13)4-9(12,11-10)16-8/h5,11H,3-4H2,1-2H3,(H,14,15)/t5?,9-/m0/s1. The third-order valence-corrected chi connectivity index (χ3v) is 5.95. The van der Waals surface area contributed by atoms with Crippen molar-refractivity contribution in [2.45, 2.75) is 42.5 Å². The maximum Gasteiger partial charge on any atom is 0.305 e. The molecule has 7 heteroatoms. The fraction of sp³-hybridized carbons (Fsp3) is 0.778. The number of carboxylic acids is 1. The highest BCUT2D eigenvalue weighted by molar-refractivity contribution is 14.1. The number of rotatable bonds is 3. The molecule has 0 aliphatic carbocycles. The fourth-order valence-corrected chi connectivity index (χ4v) is 4.95. The van der Waals surface area contributed by atoms with Gasteiger partial charge in [-0.1, -0.05) is 0 Å². The molecule has 5 nitrogen and oxygen atoms in total. The van der Waals surface area contributed by atoms with Gasteiger partial charge in [-0.25, -0.2) is 3.53 Å². The van der Waals surface area contributed by atoms with E-state index < -0.39 is 5.97 Å². The number of nitrogens with zero attached hydrogens (tertiary/aromatic N) is 1. The zero-order valence-corrected chi connectivity index (χ0v) is 12.0. The number of carbonyl (C=O) groups is 2. The van der Waals surface area contributed by atoms with Crippen LogP contribution in [0.25, 0.3) is 0 Å². The van der Waals surface area contributed by atoms with E-state index in [1.54, 1.807) is 16.7 Å². The Bertz CT molecular complexity index is 363. The molecule has 2 N–H and O–H groups in total. The van der Waals surface area contributed by atoms with Crippen LogP contribution >= 0.6 is 34.6 Å². The second-order valence-electron chi connectivity index (χ2n) is 4.64. The number of amides is 1. The summed E-state index contributed by atoms with van der Waals surface area (Å²) in [4.78, 5) is 23.8. The van der Waals surface area contributed by atoms with Gasteiger partial charge in [-0.3, -0.25) is 9.59 Å². The van der Waals surface area contributed by atoms with Crippen molar-refractivity contribution >= 4 is 46.5 Å². The molecule has 0 spiro atoms. The van der Waals surface area contributed by atoms with Gasteiger partial charge in [0, 0.05) is 27.6 Å². The summed E-state index contributed by atoms with van der Waals surface area (Å²) in [6.07, 6.45) is 0.450. The molecule has 2 aliphatic heterocycles. The van der Waals surface area contributed by atoms with Crippen molar-refractivity contribution < 1.29 is 14.7 Å². The monoisotopic (exact) mass is 356 g/mol. The molecule has 0 aromatic rings. The molecule has 0 aromatic heterocycles. The van der Waals surface area contributed by atoms with Crippen LogP contribution in [0.15, 0.2) is 0 Å². The first kappa shape index (κ1) is 12.4. The Morgan fingerprint density at radius 3 is 2.81 bits per heavy atom. The zero-order valence-electron chi connectivity index (χ0n) is 8.99. The van der Waals surface area contributed by atoms with Gasteiger partial charge in [0.05, 0.1) is 18.9 Å². The van der Waals surface area contributed by atoms with Crippen LogP contribution in [0.2, 0.25) is 0 Å². The van der Waals surface area contributed by atoms with Crippen LogP contribution in [0.3, 0.4) is 0 Å². The second kappa shape index (κ2) is 3.74. The molecule has 1 amide bonds. The van der Waals surface area contributed by atoms with E-state index in [-0.39, 0.29) is 28.1 Å². The Hall–Kier alpha value is -0.0200. The van der Waals surface area contributed by atoms with E-state index in [0.717, 1.165) is 0 Å². The minimum Gasteiger partial charge on any atom is -0.481 e. The molecule has 0 saturated carbocycles. The minimum atomic E-state index is -0.859. The normalized spacial score (nSPS) is 35.8. The molecule has 90 valence electrons. The van der Waals surface area contributed by atoms with Crippen LogP contribution in [0.1, 0.15) is 26.7 Å². The van der Waals surface area contributed by atoms with Gasteiger partial charge in [-0.05, 0) is 13.8 Å². The Morgan fingerprint density at radius 2 is 2.38 bits per heavy atom. The highest BCUT2D eigenvalue weighted by Crippen LogP contribution is 2.57. The van der Waals surface area contributed by atoms with Crippen molar-refractivity contribution in [1.82, 2.24) is 8.43 Å². The lowest BCUT2D eigenvalue weighted by Crippen LogP contribution is -2.66. The molecule has 1 unspecified atom stereocenters. The van der Waals surface area contributed by atoms with Crippen molar-refractivity contribution in [2.75, 3.05) is 0 Å². The molecule has 2 aliphatic rings. The van der Waals surface area contributed by atoms with E-state index in [2.05, 4.69) is 3.53 Å². The molecule has 0 radical (unpaired) electrons. The van der Waals surface area contributed by atoms with E-state index in [4.69, 9.17) is 5.11 Å². The van der Waals surface area contributed by atoms with Crippen molar-refractivity contribution in [3.8, 4) is 0 Å². The highest BCUT2D eigenvalue weighted by Gasteiger charge is 2.65. The topological polar surface area (TPSA) is 69.6 Å². The predicted molar refractivity (Wildman–Crippen MR) is 69.1 cm³/mol. The van der Waals surface area contributed by atoms with E-state index in [0.29, 0.717) is 6.42 Å². The zero-order chi connectivity index (χ0) is 12.1. The SMILES string of the molecule is CC1(C)S[C@]2(NI)CC(=O)N2C1CC(=O)O. The summed E-state index contributed by atoms with van der Waals surface area (Å²) in [5.74, 6) is -0.823. The van der Waals surface area contributed by atoms with E-state index >= 15 is 0 Å². The van der Waals surface area contributed by atoms with Crippen LogP contribution in [0, 0.1) is 0 Å². The summed E-state index contributed by atoms with van der Waals surface area (Å²) in [7, 11) is 0. The number of aliphatic carboxylic acids is 1. The van der Waals surface area contributed by atoms with Gasteiger partial charge in [-0.15, -0.1) is 11.8 Å². The number of fused-ring (bicyclic) bond motifs is 1. The quantitative estimate of drug-likeness (QED) is 0.452. The molecule has 0 bridgehead atoms.